The van der Waals surface area contributed by atoms with Crippen LogP contribution in [0.25, 0.3) is 0 Å². The molecule has 2 rings (SSSR count). The summed E-state index contributed by atoms with van der Waals surface area (Å²) in [5.74, 6) is 1.01. The van der Waals surface area contributed by atoms with E-state index in [1.54, 1.807) is 25.3 Å². The van der Waals surface area contributed by atoms with E-state index in [2.05, 4.69) is 5.32 Å². The zero-order valence-electron chi connectivity index (χ0n) is 13.4. The van der Waals surface area contributed by atoms with Gasteiger partial charge < -0.3 is 14.8 Å². The molecule has 1 N–H and O–H groups in total. The summed E-state index contributed by atoms with van der Waals surface area (Å²) in [6.45, 7) is 6.40. The molecule has 2 aromatic carbocycles. The third-order valence-corrected chi connectivity index (χ3v) is 3.36. The number of rotatable bonds is 5. The molecule has 0 aliphatic rings. The summed E-state index contributed by atoms with van der Waals surface area (Å²) >= 11 is 0. The summed E-state index contributed by atoms with van der Waals surface area (Å²) in [7, 11) is 1.58. The van der Waals surface area contributed by atoms with Crippen LogP contribution >= 0.6 is 0 Å². The lowest BCUT2D eigenvalue weighted by atomic mass is 10.1. The number of amides is 1. The van der Waals surface area contributed by atoms with E-state index in [1.165, 1.54) is 5.56 Å². The van der Waals surface area contributed by atoms with E-state index in [1.807, 2.05) is 39.0 Å². The number of methoxy groups -OCH3 is 1. The summed E-state index contributed by atoms with van der Waals surface area (Å²) in [5.41, 5.74) is 3.54. The minimum Gasteiger partial charge on any atom is -0.493 e. The fraction of sp³-hybridized carbons (Fsp3) is 0.278. The monoisotopic (exact) mass is 299 g/mol. The SMILES string of the molecule is CCOc1cc(C(=O)Nc2ccc(C)cc2C)ccc1OC. The quantitative estimate of drug-likeness (QED) is 0.909. The molecule has 0 heterocycles. The second-order valence-corrected chi connectivity index (χ2v) is 5.07. The molecular formula is C18H21NO3. The molecule has 0 spiro atoms. The van der Waals surface area contributed by atoms with Crippen LogP contribution in [-0.4, -0.2) is 19.6 Å². The number of aryl methyl sites for hydroxylation is 2. The Morgan fingerprint density at radius 2 is 1.86 bits per heavy atom. The first-order valence-corrected chi connectivity index (χ1v) is 7.24. The Bertz CT molecular complexity index is 680. The van der Waals surface area contributed by atoms with Crippen LogP contribution in [0.5, 0.6) is 11.5 Å². The van der Waals surface area contributed by atoms with Crippen molar-refractivity contribution in [2.75, 3.05) is 19.0 Å². The van der Waals surface area contributed by atoms with E-state index in [9.17, 15) is 4.79 Å². The number of anilines is 1. The Morgan fingerprint density at radius 1 is 1.09 bits per heavy atom. The molecule has 4 heteroatoms. The molecule has 116 valence electrons. The minimum absolute atomic E-state index is 0.171. The predicted molar refractivity (Wildman–Crippen MR) is 88.0 cm³/mol. The smallest absolute Gasteiger partial charge is 0.255 e. The van der Waals surface area contributed by atoms with Crippen LogP contribution in [0, 0.1) is 13.8 Å². The van der Waals surface area contributed by atoms with E-state index >= 15 is 0 Å². The highest BCUT2D eigenvalue weighted by Gasteiger charge is 2.12. The molecular weight excluding hydrogens is 278 g/mol. The summed E-state index contributed by atoms with van der Waals surface area (Å²) in [5, 5.41) is 2.93. The Labute approximate surface area is 131 Å². The van der Waals surface area contributed by atoms with E-state index in [0.29, 0.717) is 23.7 Å². The fourth-order valence-corrected chi connectivity index (χ4v) is 2.23. The lowest BCUT2D eigenvalue weighted by Gasteiger charge is -2.12. The average Bonchev–Trinajstić information content (AvgIpc) is 2.50. The van der Waals surface area contributed by atoms with Gasteiger partial charge in [0.15, 0.2) is 11.5 Å². The van der Waals surface area contributed by atoms with Crippen LogP contribution in [0.1, 0.15) is 28.4 Å². The van der Waals surface area contributed by atoms with Gasteiger partial charge >= 0.3 is 0 Å². The van der Waals surface area contributed by atoms with Crippen LogP contribution in [0.4, 0.5) is 5.69 Å². The third kappa shape index (κ3) is 3.58. The number of carbonyl (C=O) groups excluding carboxylic acids is 1. The summed E-state index contributed by atoms with van der Waals surface area (Å²) in [6, 6.07) is 11.1. The summed E-state index contributed by atoms with van der Waals surface area (Å²) in [4.78, 5) is 12.4. The maximum atomic E-state index is 12.4. The van der Waals surface area contributed by atoms with Gasteiger partial charge in [-0.05, 0) is 50.6 Å². The second-order valence-electron chi connectivity index (χ2n) is 5.07. The van der Waals surface area contributed by atoms with Gasteiger partial charge in [0, 0.05) is 11.3 Å². The van der Waals surface area contributed by atoms with Crippen molar-refractivity contribution in [3.63, 3.8) is 0 Å². The van der Waals surface area contributed by atoms with Crippen molar-refractivity contribution in [3.05, 3.63) is 53.1 Å². The minimum atomic E-state index is -0.171. The van der Waals surface area contributed by atoms with Gasteiger partial charge in [-0.3, -0.25) is 4.79 Å². The first-order chi connectivity index (χ1) is 10.5. The molecule has 0 aromatic heterocycles. The van der Waals surface area contributed by atoms with Gasteiger partial charge in [-0.1, -0.05) is 17.7 Å². The zero-order valence-corrected chi connectivity index (χ0v) is 13.4. The van der Waals surface area contributed by atoms with Crippen LogP contribution < -0.4 is 14.8 Å². The lowest BCUT2D eigenvalue weighted by Crippen LogP contribution is -2.13. The second kappa shape index (κ2) is 6.98. The zero-order chi connectivity index (χ0) is 16.1. The maximum absolute atomic E-state index is 12.4. The van der Waals surface area contributed by atoms with Gasteiger partial charge in [0.05, 0.1) is 13.7 Å². The van der Waals surface area contributed by atoms with Crippen molar-refractivity contribution < 1.29 is 14.3 Å². The molecule has 1 amide bonds. The third-order valence-electron chi connectivity index (χ3n) is 3.36. The van der Waals surface area contributed by atoms with Gasteiger partial charge in [0.25, 0.3) is 5.91 Å². The number of hydrogen-bond acceptors (Lipinski definition) is 3. The van der Waals surface area contributed by atoms with E-state index in [4.69, 9.17) is 9.47 Å². The van der Waals surface area contributed by atoms with Crippen LogP contribution in [0.3, 0.4) is 0 Å². The molecule has 0 atom stereocenters. The van der Waals surface area contributed by atoms with Crippen LogP contribution in [0.2, 0.25) is 0 Å². The van der Waals surface area contributed by atoms with Gasteiger partial charge in [0.2, 0.25) is 0 Å². The van der Waals surface area contributed by atoms with Crippen LogP contribution in [-0.2, 0) is 0 Å². The molecule has 0 aliphatic carbocycles. The molecule has 2 aromatic rings. The number of carbonyl (C=O) groups is 1. The van der Waals surface area contributed by atoms with Gasteiger partial charge in [0.1, 0.15) is 0 Å². The van der Waals surface area contributed by atoms with Crippen molar-refractivity contribution >= 4 is 11.6 Å². The number of benzene rings is 2. The Kier molecular flexibility index (Phi) is 5.04. The van der Waals surface area contributed by atoms with E-state index in [-0.39, 0.29) is 5.91 Å². The Hall–Kier alpha value is -2.49. The average molecular weight is 299 g/mol. The summed E-state index contributed by atoms with van der Waals surface area (Å²) < 4.78 is 10.7. The summed E-state index contributed by atoms with van der Waals surface area (Å²) in [6.07, 6.45) is 0. The molecule has 22 heavy (non-hydrogen) atoms. The molecule has 4 nitrogen and oxygen atoms in total. The number of nitrogens with one attached hydrogen (secondary N) is 1. The van der Waals surface area contributed by atoms with Crippen molar-refractivity contribution in [2.45, 2.75) is 20.8 Å². The Balaban J connectivity index is 2.23. The normalized spacial score (nSPS) is 10.2. The Morgan fingerprint density at radius 3 is 2.50 bits per heavy atom. The fourth-order valence-electron chi connectivity index (χ4n) is 2.23. The topological polar surface area (TPSA) is 47.6 Å². The van der Waals surface area contributed by atoms with E-state index in [0.717, 1.165) is 11.3 Å². The van der Waals surface area contributed by atoms with Crippen molar-refractivity contribution in [2.24, 2.45) is 0 Å². The highest BCUT2D eigenvalue weighted by Crippen LogP contribution is 2.28. The molecule has 0 bridgehead atoms. The predicted octanol–water partition coefficient (Wildman–Crippen LogP) is 3.96. The maximum Gasteiger partial charge on any atom is 0.255 e. The molecule has 0 unspecified atom stereocenters. The highest BCUT2D eigenvalue weighted by atomic mass is 16.5. The van der Waals surface area contributed by atoms with E-state index < -0.39 is 0 Å². The number of hydrogen-bond donors (Lipinski definition) is 1. The lowest BCUT2D eigenvalue weighted by molar-refractivity contribution is 0.102. The van der Waals surface area contributed by atoms with Crippen molar-refractivity contribution in [1.82, 2.24) is 0 Å². The van der Waals surface area contributed by atoms with Crippen molar-refractivity contribution in [1.29, 1.82) is 0 Å². The first kappa shape index (κ1) is 15.9. The molecule has 0 aliphatic heterocycles. The van der Waals surface area contributed by atoms with Crippen LogP contribution in [0.15, 0.2) is 36.4 Å². The van der Waals surface area contributed by atoms with Crippen molar-refractivity contribution in [3.8, 4) is 11.5 Å². The standard InChI is InChI=1S/C18H21NO3/c1-5-22-17-11-14(7-9-16(17)21-4)18(20)19-15-8-6-12(2)10-13(15)3/h6-11H,5H2,1-4H3,(H,19,20). The number of ether oxygens (including phenoxy) is 2. The molecule has 0 saturated carbocycles. The largest absolute Gasteiger partial charge is 0.493 e. The molecule has 0 radical (unpaired) electrons. The molecule has 0 fully saturated rings. The highest BCUT2D eigenvalue weighted by molar-refractivity contribution is 6.05. The van der Waals surface area contributed by atoms with Gasteiger partial charge in [-0.25, -0.2) is 0 Å². The van der Waals surface area contributed by atoms with Gasteiger partial charge in [-0.15, -0.1) is 0 Å². The van der Waals surface area contributed by atoms with Gasteiger partial charge in [-0.2, -0.15) is 0 Å². The first-order valence-electron chi connectivity index (χ1n) is 7.24. The molecule has 0 saturated heterocycles.